The molecule has 0 aromatic carbocycles. The lowest BCUT2D eigenvalue weighted by atomic mass is 9.62. The fourth-order valence-corrected chi connectivity index (χ4v) is 6.32. The summed E-state index contributed by atoms with van der Waals surface area (Å²) in [7, 11) is 0. The molecular formula is C25H34ClFO4S. The first-order valence-electron chi connectivity index (χ1n) is 11.6. The van der Waals surface area contributed by atoms with E-state index in [0.29, 0.717) is 25.7 Å². The van der Waals surface area contributed by atoms with Gasteiger partial charge in [-0.3, -0.25) is 4.79 Å². The van der Waals surface area contributed by atoms with Crippen molar-refractivity contribution < 1.29 is 24.5 Å². The van der Waals surface area contributed by atoms with Crippen LogP contribution >= 0.6 is 22.9 Å². The van der Waals surface area contributed by atoms with Gasteiger partial charge in [0.05, 0.1) is 16.5 Å². The molecule has 1 aromatic rings. The molecule has 0 spiro atoms. The zero-order chi connectivity index (χ0) is 23.1. The highest BCUT2D eigenvalue weighted by molar-refractivity contribution is 7.16. The number of rotatable bonds is 12. The maximum atomic E-state index is 14.5. The Balaban J connectivity index is 1.52. The Labute approximate surface area is 198 Å². The molecule has 0 amide bonds. The largest absolute Gasteiger partial charge is 0.481 e. The summed E-state index contributed by atoms with van der Waals surface area (Å²) in [4.78, 5) is 11.8. The van der Waals surface area contributed by atoms with Crippen LogP contribution < -0.4 is 0 Å². The van der Waals surface area contributed by atoms with Gasteiger partial charge in [0.25, 0.3) is 0 Å². The molecule has 5 atom stereocenters. The van der Waals surface area contributed by atoms with Crippen molar-refractivity contribution in [2.75, 3.05) is 0 Å². The monoisotopic (exact) mass is 484 g/mol. The maximum absolute atomic E-state index is 14.5. The number of alkyl halides is 1. The van der Waals surface area contributed by atoms with E-state index in [4.69, 9.17) is 16.7 Å². The molecule has 2 aliphatic carbocycles. The number of thiophene rings is 1. The van der Waals surface area contributed by atoms with Gasteiger partial charge < -0.3 is 15.3 Å². The number of hydrogen-bond donors (Lipinski definition) is 3. The van der Waals surface area contributed by atoms with Crippen molar-refractivity contribution >= 4 is 28.9 Å². The molecule has 2 fully saturated rings. The smallest absolute Gasteiger partial charge is 0.303 e. The lowest BCUT2D eigenvalue weighted by Gasteiger charge is -2.45. The average Bonchev–Trinajstić information content (AvgIpc) is 3.23. The molecule has 178 valence electrons. The Bertz CT molecular complexity index is 804. The fraction of sp³-hybridized carbons (Fsp3) is 0.640. The van der Waals surface area contributed by atoms with Crippen LogP contribution in [-0.4, -0.2) is 39.7 Å². The Kier molecular flexibility index (Phi) is 9.35. The third kappa shape index (κ3) is 6.66. The van der Waals surface area contributed by atoms with Crippen LogP contribution in [0.25, 0.3) is 0 Å². The Morgan fingerprint density at radius 3 is 2.72 bits per heavy atom. The second kappa shape index (κ2) is 11.8. The van der Waals surface area contributed by atoms with Gasteiger partial charge in [0.1, 0.15) is 6.17 Å². The van der Waals surface area contributed by atoms with Gasteiger partial charge in [-0.15, -0.1) is 11.3 Å². The second-order valence-corrected chi connectivity index (χ2v) is 11.1. The molecule has 0 bridgehead atoms. The lowest BCUT2D eigenvalue weighted by molar-refractivity contribution is -0.137. The number of carboxylic acids is 1. The molecule has 32 heavy (non-hydrogen) atoms. The van der Waals surface area contributed by atoms with E-state index in [1.165, 1.54) is 4.88 Å². The zero-order valence-corrected chi connectivity index (χ0v) is 19.9. The molecule has 0 radical (unpaired) electrons. The molecule has 4 nitrogen and oxygen atoms in total. The van der Waals surface area contributed by atoms with Gasteiger partial charge in [-0.05, 0) is 57.1 Å². The predicted molar refractivity (Wildman–Crippen MR) is 127 cm³/mol. The first-order chi connectivity index (χ1) is 15.3. The lowest BCUT2D eigenvalue weighted by Crippen LogP contribution is -2.42. The summed E-state index contributed by atoms with van der Waals surface area (Å²) in [6.45, 7) is 0. The Hall–Kier alpha value is -1.21. The van der Waals surface area contributed by atoms with Crippen molar-refractivity contribution in [3.8, 4) is 0 Å². The summed E-state index contributed by atoms with van der Waals surface area (Å²) in [5.41, 5.74) is -0.118. The average molecular weight is 485 g/mol. The molecule has 2 unspecified atom stereocenters. The topological polar surface area (TPSA) is 77.8 Å². The molecule has 1 heterocycles. The summed E-state index contributed by atoms with van der Waals surface area (Å²) in [6.07, 6.45) is 11.8. The SMILES string of the molecule is O=C(O)CCCC=CC[C@H]1C(F)C[C@@H](O)[C@@H]1C=CCC(O)C1(Cc2ccc(Cl)s2)CCC1. The van der Waals surface area contributed by atoms with Crippen molar-refractivity contribution in [3.05, 3.63) is 45.7 Å². The van der Waals surface area contributed by atoms with Crippen LogP contribution in [0.2, 0.25) is 4.34 Å². The molecule has 2 saturated carbocycles. The highest BCUT2D eigenvalue weighted by Crippen LogP contribution is 2.48. The molecule has 0 saturated heterocycles. The van der Waals surface area contributed by atoms with Crippen molar-refractivity contribution in [2.24, 2.45) is 17.3 Å². The van der Waals surface area contributed by atoms with Gasteiger partial charge in [0, 0.05) is 35.0 Å². The minimum absolute atomic E-state index is 0.118. The minimum Gasteiger partial charge on any atom is -0.481 e. The molecular weight excluding hydrogens is 451 g/mol. The summed E-state index contributed by atoms with van der Waals surface area (Å²) in [6, 6.07) is 3.93. The number of unbranched alkanes of at least 4 members (excludes halogenated alkanes) is 1. The number of allylic oxidation sites excluding steroid dienone is 2. The van der Waals surface area contributed by atoms with Crippen LogP contribution in [-0.2, 0) is 11.2 Å². The molecule has 3 N–H and O–H groups in total. The summed E-state index contributed by atoms with van der Waals surface area (Å²) < 4.78 is 15.3. The first-order valence-corrected chi connectivity index (χ1v) is 12.8. The summed E-state index contributed by atoms with van der Waals surface area (Å²) >= 11 is 7.63. The fourth-order valence-electron chi connectivity index (χ4n) is 5.07. The van der Waals surface area contributed by atoms with Crippen molar-refractivity contribution in [1.29, 1.82) is 0 Å². The van der Waals surface area contributed by atoms with Crippen LogP contribution in [0, 0.1) is 17.3 Å². The molecule has 1 aromatic heterocycles. The van der Waals surface area contributed by atoms with Crippen LogP contribution in [0.3, 0.4) is 0 Å². The zero-order valence-electron chi connectivity index (χ0n) is 18.3. The van der Waals surface area contributed by atoms with Crippen molar-refractivity contribution in [3.63, 3.8) is 0 Å². The number of carbonyl (C=O) groups is 1. The highest BCUT2D eigenvalue weighted by atomic mass is 35.5. The van der Waals surface area contributed by atoms with Gasteiger partial charge >= 0.3 is 5.97 Å². The Morgan fingerprint density at radius 1 is 1.31 bits per heavy atom. The number of carboxylic acid groups (broad SMARTS) is 1. The van der Waals surface area contributed by atoms with E-state index in [1.807, 2.05) is 36.4 Å². The van der Waals surface area contributed by atoms with E-state index in [0.717, 1.165) is 30.0 Å². The van der Waals surface area contributed by atoms with Crippen molar-refractivity contribution in [1.82, 2.24) is 0 Å². The highest BCUT2D eigenvalue weighted by Gasteiger charge is 2.44. The predicted octanol–water partition coefficient (Wildman–Crippen LogP) is 5.96. The van der Waals surface area contributed by atoms with Crippen molar-refractivity contribution in [2.45, 2.75) is 82.6 Å². The summed E-state index contributed by atoms with van der Waals surface area (Å²) in [5.74, 6) is -1.37. The van der Waals surface area contributed by atoms with E-state index < -0.39 is 24.3 Å². The first kappa shape index (κ1) is 25.4. The molecule has 3 rings (SSSR count). The number of aliphatic carboxylic acids is 1. The standard InChI is InChI=1S/C25H34ClFO4S/c26-23-12-11-17(32-23)16-25(13-6-14-25)22(29)9-5-8-19-18(20(27)15-21(19)28)7-3-1-2-4-10-24(30)31/h1,3,5,8,11-12,18-22,28-29H,2,4,6-7,9-10,13-16H2,(H,30,31)/t18-,19-,20?,21-,22?/m1/s1. The summed E-state index contributed by atoms with van der Waals surface area (Å²) in [5, 5.41) is 30.0. The van der Waals surface area contributed by atoms with Gasteiger partial charge in [-0.1, -0.05) is 42.3 Å². The molecule has 2 aliphatic rings. The molecule has 0 aliphatic heterocycles. The normalized spacial score (nSPS) is 28.4. The van der Waals surface area contributed by atoms with Crippen LogP contribution in [0.4, 0.5) is 4.39 Å². The number of aliphatic hydroxyl groups is 2. The van der Waals surface area contributed by atoms with Crippen LogP contribution in [0.15, 0.2) is 36.4 Å². The van der Waals surface area contributed by atoms with Gasteiger partial charge in [-0.2, -0.15) is 0 Å². The number of hydrogen-bond acceptors (Lipinski definition) is 4. The maximum Gasteiger partial charge on any atom is 0.303 e. The van der Waals surface area contributed by atoms with Gasteiger partial charge in [-0.25, -0.2) is 4.39 Å². The van der Waals surface area contributed by atoms with E-state index in [2.05, 4.69) is 0 Å². The van der Waals surface area contributed by atoms with Crippen LogP contribution in [0.1, 0.15) is 62.7 Å². The Morgan fingerprint density at radius 2 is 2.09 bits per heavy atom. The minimum atomic E-state index is -1.06. The second-order valence-electron chi connectivity index (χ2n) is 9.33. The van der Waals surface area contributed by atoms with E-state index in [1.54, 1.807) is 11.3 Å². The van der Waals surface area contributed by atoms with Gasteiger partial charge in [0.15, 0.2) is 0 Å². The van der Waals surface area contributed by atoms with Gasteiger partial charge in [0.2, 0.25) is 0 Å². The van der Waals surface area contributed by atoms with E-state index in [9.17, 15) is 19.4 Å². The third-order valence-electron chi connectivity index (χ3n) is 7.14. The molecule has 7 heteroatoms. The number of aliphatic hydroxyl groups excluding tert-OH is 2. The van der Waals surface area contributed by atoms with Crippen LogP contribution in [0.5, 0.6) is 0 Å². The number of halogens is 2. The van der Waals surface area contributed by atoms with E-state index in [-0.39, 0.29) is 30.1 Å². The quantitative estimate of drug-likeness (QED) is 0.253. The van der Waals surface area contributed by atoms with E-state index >= 15 is 0 Å². The third-order valence-corrected chi connectivity index (χ3v) is 8.37.